The molecule has 0 spiro atoms. The van der Waals surface area contributed by atoms with Gasteiger partial charge in [0.15, 0.2) is 0 Å². The van der Waals surface area contributed by atoms with E-state index < -0.39 is 0 Å². The van der Waals surface area contributed by atoms with Crippen LogP contribution in [0.25, 0.3) is 0 Å². The van der Waals surface area contributed by atoms with Gasteiger partial charge in [-0.25, -0.2) is 0 Å². The van der Waals surface area contributed by atoms with Crippen molar-refractivity contribution in [3.63, 3.8) is 0 Å². The van der Waals surface area contributed by atoms with Crippen LogP contribution in [0.3, 0.4) is 0 Å². The van der Waals surface area contributed by atoms with E-state index >= 15 is 0 Å². The molecule has 1 fully saturated rings. The molecule has 1 aliphatic rings. The first-order chi connectivity index (χ1) is 7.25. The Kier molecular flexibility index (Phi) is 2.67. The van der Waals surface area contributed by atoms with Gasteiger partial charge in [0.25, 0.3) is 0 Å². The van der Waals surface area contributed by atoms with Crippen LogP contribution in [-0.2, 0) is 0 Å². The number of hydrogen-bond donors (Lipinski definition) is 2. The van der Waals surface area contributed by atoms with Crippen LogP contribution in [0, 0.1) is 5.41 Å². The largest absolute Gasteiger partial charge is 0.497 e. The topological polar surface area (TPSA) is 55.5 Å². The maximum Gasteiger partial charge on any atom is 0.118 e. The molecule has 1 aliphatic carbocycles. The molecule has 0 aromatic heterocycles. The standard InChI is InChI=1S/C12H17NO2/c1-15-10-4-2-9(3-5-10)11-6-12(11,7-13)8-14/h2-5,11,14H,6-8,13H2,1H3/t11-,12-/m0/s1. The van der Waals surface area contributed by atoms with Crippen molar-refractivity contribution >= 4 is 0 Å². The Morgan fingerprint density at radius 1 is 1.47 bits per heavy atom. The first kappa shape index (κ1) is 10.5. The van der Waals surface area contributed by atoms with Gasteiger partial charge in [0.05, 0.1) is 13.7 Å². The first-order valence-corrected chi connectivity index (χ1v) is 5.20. The fourth-order valence-electron chi connectivity index (χ4n) is 2.12. The summed E-state index contributed by atoms with van der Waals surface area (Å²) in [6.45, 7) is 0.736. The molecular weight excluding hydrogens is 190 g/mol. The van der Waals surface area contributed by atoms with Crippen LogP contribution in [0.4, 0.5) is 0 Å². The third-order valence-electron chi connectivity index (χ3n) is 3.43. The van der Waals surface area contributed by atoms with Crippen molar-refractivity contribution in [1.29, 1.82) is 0 Å². The number of ether oxygens (including phenoxy) is 1. The van der Waals surface area contributed by atoms with Crippen molar-refractivity contribution in [2.45, 2.75) is 12.3 Å². The molecule has 1 saturated carbocycles. The van der Waals surface area contributed by atoms with Gasteiger partial charge < -0.3 is 15.6 Å². The lowest BCUT2D eigenvalue weighted by Crippen LogP contribution is -2.21. The van der Waals surface area contributed by atoms with Gasteiger partial charge in [-0.1, -0.05) is 12.1 Å². The predicted molar refractivity (Wildman–Crippen MR) is 58.9 cm³/mol. The van der Waals surface area contributed by atoms with Crippen LogP contribution < -0.4 is 10.5 Å². The molecule has 0 aliphatic heterocycles. The average Bonchev–Trinajstić information content (AvgIpc) is 3.05. The molecule has 0 radical (unpaired) electrons. The SMILES string of the molecule is COc1ccc([C@@H]2C[C@]2(CN)CO)cc1. The van der Waals surface area contributed by atoms with E-state index in [9.17, 15) is 5.11 Å². The highest BCUT2D eigenvalue weighted by Crippen LogP contribution is 2.58. The van der Waals surface area contributed by atoms with Crippen LogP contribution in [0.15, 0.2) is 24.3 Å². The van der Waals surface area contributed by atoms with Gasteiger partial charge in [0.2, 0.25) is 0 Å². The number of hydrogen-bond acceptors (Lipinski definition) is 3. The van der Waals surface area contributed by atoms with Crippen molar-refractivity contribution < 1.29 is 9.84 Å². The highest BCUT2D eigenvalue weighted by Gasteiger charge is 2.53. The number of nitrogens with two attached hydrogens (primary N) is 1. The minimum absolute atomic E-state index is 0.0609. The third kappa shape index (κ3) is 1.73. The van der Waals surface area contributed by atoms with Gasteiger partial charge in [-0.2, -0.15) is 0 Å². The molecule has 3 N–H and O–H groups in total. The van der Waals surface area contributed by atoms with Gasteiger partial charge in [0, 0.05) is 12.0 Å². The molecule has 0 unspecified atom stereocenters. The Labute approximate surface area is 89.9 Å². The Balaban J connectivity index is 2.12. The van der Waals surface area contributed by atoms with Gasteiger partial charge in [0.1, 0.15) is 5.75 Å². The molecular formula is C12H17NO2. The average molecular weight is 207 g/mol. The third-order valence-corrected chi connectivity index (χ3v) is 3.43. The van der Waals surface area contributed by atoms with E-state index in [0.29, 0.717) is 12.5 Å². The number of benzene rings is 1. The van der Waals surface area contributed by atoms with E-state index in [4.69, 9.17) is 10.5 Å². The minimum Gasteiger partial charge on any atom is -0.497 e. The zero-order chi connectivity index (χ0) is 10.9. The quantitative estimate of drug-likeness (QED) is 0.778. The van der Waals surface area contributed by atoms with Crippen LogP contribution in [0.2, 0.25) is 0 Å². The summed E-state index contributed by atoms with van der Waals surface area (Å²) >= 11 is 0. The smallest absolute Gasteiger partial charge is 0.118 e. The highest BCUT2D eigenvalue weighted by molar-refractivity contribution is 5.35. The second-order valence-electron chi connectivity index (χ2n) is 4.25. The summed E-state index contributed by atoms with van der Waals surface area (Å²) in [5, 5.41) is 9.28. The van der Waals surface area contributed by atoms with Gasteiger partial charge in [-0.3, -0.25) is 0 Å². The normalized spacial score (nSPS) is 28.9. The monoisotopic (exact) mass is 207 g/mol. The molecule has 0 saturated heterocycles. The molecule has 0 amide bonds. The van der Waals surface area contributed by atoms with Crippen molar-refractivity contribution in [3.8, 4) is 5.75 Å². The fraction of sp³-hybridized carbons (Fsp3) is 0.500. The first-order valence-electron chi connectivity index (χ1n) is 5.20. The number of aliphatic hydroxyl groups excluding tert-OH is 1. The molecule has 1 aromatic rings. The lowest BCUT2D eigenvalue weighted by molar-refractivity contribution is 0.211. The zero-order valence-corrected chi connectivity index (χ0v) is 8.94. The fourth-order valence-corrected chi connectivity index (χ4v) is 2.12. The zero-order valence-electron chi connectivity index (χ0n) is 8.94. The van der Waals surface area contributed by atoms with Crippen molar-refractivity contribution in [2.75, 3.05) is 20.3 Å². The molecule has 1 aromatic carbocycles. The second kappa shape index (κ2) is 3.83. The minimum atomic E-state index is -0.0609. The summed E-state index contributed by atoms with van der Waals surface area (Å²) in [5.74, 6) is 1.28. The van der Waals surface area contributed by atoms with Crippen LogP contribution in [0.5, 0.6) is 5.75 Å². The van der Waals surface area contributed by atoms with Crippen molar-refractivity contribution in [3.05, 3.63) is 29.8 Å². The van der Waals surface area contributed by atoms with E-state index in [1.54, 1.807) is 7.11 Å². The van der Waals surface area contributed by atoms with Crippen molar-refractivity contribution in [1.82, 2.24) is 0 Å². The second-order valence-corrected chi connectivity index (χ2v) is 4.25. The molecule has 3 nitrogen and oxygen atoms in total. The molecule has 0 bridgehead atoms. The van der Waals surface area contributed by atoms with E-state index in [0.717, 1.165) is 12.2 Å². The Morgan fingerprint density at radius 2 is 2.13 bits per heavy atom. The molecule has 2 rings (SSSR count). The predicted octanol–water partition coefficient (Wildman–Crippen LogP) is 1.12. The summed E-state index contributed by atoms with van der Waals surface area (Å²) in [6, 6.07) is 8.01. The maximum absolute atomic E-state index is 9.28. The molecule has 2 atom stereocenters. The summed E-state index contributed by atoms with van der Waals surface area (Å²) in [7, 11) is 1.66. The maximum atomic E-state index is 9.28. The molecule has 82 valence electrons. The van der Waals surface area contributed by atoms with E-state index in [1.807, 2.05) is 12.1 Å². The summed E-state index contributed by atoms with van der Waals surface area (Å²) in [6.07, 6.45) is 0.992. The Hall–Kier alpha value is -1.06. The highest BCUT2D eigenvalue weighted by atomic mass is 16.5. The van der Waals surface area contributed by atoms with E-state index in [2.05, 4.69) is 12.1 Å². The molecule has 3 heteroatoms. The lowest BCUT2D eigenvalue weighted by atomic mass is 10.00. The van der Waals surface area contributed by atoms with Crippen LogP contribution in [0.1, 0.15) is 17.9 Å². The van der Waals surface area contributed by atoms with Gasteiger partial charge in [-0.05, 0) is 30.0 Å². The van der Waals surface area contributed by atoms with E-state index in [-0.39, 0.29) is 12.0 Å². The Morgan fingerprint density at radius 3 is 2.53 bits per heavy atom. The van der Waals surface area contributed by atoms with Crippen molar-refractivity contribution in [2.24, 2.45) is 11.1 Å². The lowest BCUT2D eigenvalue weighted by Gasteiger charge is -2.11. The van der Waals surface area contributed by atoms with Crippen LogP contribution >= 0.6 is 0 Å². The van der Waals surface area contributed by atoms with Gasteiger partial charge >= 0.3 is 0 Å². The summed E-state index contributed by atoms with van der Waals surface area (Å²) in [4.78, 5) is 0. The summed E-state index contributed by atoms with van der Waals surface area (Å²) < 4.78 is 5.10. The van der Waals surface area contributed by atoms with E-state index in [1.165, 1.54) is 5.56 Å². The molecule has 0 heterocycles. The number of rotatable bonds is 4. The Bertz CT molecular complexity index is 330. The van der Waals surface area contributed by atoms with Crippen LogP contribution in [-0.4, -0.2) is 25.4 Å². The van der Waals surface area contributed by atoms with Gasteiger partial charge in [-0.15, -0.1) is 0 Å². The number of methoxy groups -OCH3 is 1. The summed E-state index contributed by atoms with van der Waals surface area (Å²) in [5.41, 5.74) is 6.86. The molecule has 15 heavy (non-hydrogen) atoms. The number of aliphatic hydroxyl groups is 1.